The molecule has 1 aliphatic rings. The first-order valence-corrected chi connectivity index (χ1v) is 7.55. The smallest absolute Gasteiger partial charge is 0.0663 e. The van der Waals surface area contributed by atoms with Crippen LogP contribution in [0.4, 0.5) is 0 Å². The van der Waals surface area contributed by atoms with Crippen LogP contribution in [0.15, 0.2) is 18.2 Å². The fourth-order valence-electron chi connectivity index (χ4n) is 3.05. The Labute approximate surface area is 122 Å². The molecular weight excluding hydrogens is 250 g/mol. The molecule has 3 unspecified atom stereocenters. The lowest BCUT2D eigenvalue weighted by Gasteiger charge is -2.32. The molecule has 1 saturated heterocycles. The summed E-state index contributed by atoms with van der Waals surface area (Å²) < 4.78 is 11.7. The molecule has 2 rings (SSSR count). The first-order chi connectivity index (χ1) is 9.45. The largest absolute Gasteiger partial charge is 0.376 e. The van der Waals surface area contributed by atoms with E-state index in [-0.39, 0.29) is 24.4 Å². The van der Waals surface area contributed by atoms with Gasteiger partial charge in [0.05, 0.1) is 31.0 Å². The molecule has 0 aromatic heterocycles. The van der Waals surface area contributed by atoms with Gasteiger partial charge in [0.2, 0.25) is 0 Å². The maximum absolute atomic E-state index is 6.28. The molecule has 0 spiro atoms. The minimum atomic E-state index is -0.0518. The van der Waals surface area contributed by atoms with Gasteiger partial charge < -0.3 is 15.2 Å². The molecule has 1 aliphatic heterocycles. The van der Waals surface area contributed by atoms with Crippen LogP contribution in [-0.2, 0) is 9.47 Å². The summed E-state index contributed by atoms with van der Waals surface area (Å²) in [4.78, 5) is 0. The van der Waals surface area contributed by atoms with Crippen molar-refractivity contribution in [2.24, 2.45) is 5.73 Å². The van der Waals surface area contributed by atoms with E-state index in [1.807, 2.05) is 0 Å². The Morgan fingerprint density at radius 1 is 1.25 bits per heavy atom. The van der Waals surface area contributed by atoms with Gasteiger partial charge in [-0.05, 0) is 51.7 Å². The van der Waals surface area contributed by atoms with Crippen LogP contribution in [0.1, 0.15) is 49.4 Å². The molecule has 20 heavy (non-hydrogen) atoms. The summed E-state index contributed by atoms with van der Waals surface area (Å²) in [6.07, 6.45) is 2.75. The van der Waals surface area contributed by atoms with Gasteiger partial charge in [-0.3, -0.25) is 0 Å². The van der Waals surface area contributed by atoms with Crippen LogP contribution in [0, 0.1) is 13.8 Å². The normalized spacial score (nSPS) is 28.4. The molecule has 0 radical (unpaired) electrons. The van der Waals surface area contributed by atoms with Crippen molar-refractivity contribution in [2.45, 2.75) is 64.9 Å². The highest BCUT2D eigenvalue weighted by Crippen LogP contribution is 2.23. The van der Waals surface area contributed by atoms with Crippen LogP contribution in [-0.4, -0.2) is 24.9 Å². The van der Waals surface area contributed by atoms with Crippen LogP contribution < -0.4 is 5.73 Å². The highest BCUT2D eigenvalue weighted by atomic mass is 16.5. The third-order valence-electron chi connectivity index (χ3n) is 3.99. The average molecular weight is 277 g/mol. The van der Waals surface area contributed by atoms with Gasteiger partial charge in [0.15, 0.2) is 0 Å². The van der Waals surface area contributed by atoms with Crippen LogP contribution in [0.5, 0.6) is 0 Å². The number of hydrogen-bond acceptors (Lipinski definition) is 3. The SMILES string of the molecule is Cc1ccc(C(N)COC2CC(C)OC(C)C2)c(C)c1. The first kappa shape index (κ1) is 15.5. The second-order valence-electron chi connectivity index (χ2n) is 6.15. The van der Waals surface area contributed by atoms with Gasteiger partial charge in [-0.2, -0.15) is 0 Å². The maximum Gasteiger partial charge on any atom is 0.0663 e. The average Bonchev–Trinajstić information content (AvgIpc) is 2.35. The monoisotopic (exact) mass is 277 g/mol. The Morgan fingerprint density at radius 3 is 2.50 bits per heavy atom. The van der Waals surface area contributed by atoms with Crippen LogP contribution in [0.25, 0.3) is 0 Å². The molecule has 1 aromatic carbocycles. The first-order valence-electron chi connectivity index (χ1n) is 7.55. The summed E-state index contributed by atoms with van der Waals surface area (Å²) in [6.45, 7) is 9.00. The number of benzene rings is 1. The summed E-state index contributed by atoms with van der Waals surface area (Å²) >= 11 is 0. The minimum absolute atomic E-state index is 0.0518. The standard InChI is InChI=1S/C17H27NO2/c1-11-5-6-16(12(2)7-11)17(18)10-19-15-8-13(3)20-14(4)9-15/h5-7,13-15,17H,8-10,18H2,1-4H3. The van der Waals surface area contributed by atoms with Crippen LogP contribution in [0.2, 0.25) is 0 Å². The van der Waals surface area contributed by atoms with Crippen molar-refractivity contribution < 1.29 is 9.47 Å². The van der Waals surface area contributed by atoms with E-state index < -0.39 is 0 Å². The molecule has 0 aliphatic carbocycles. The van der Waals surface area contributed by atoms with Crippen molar-refractivity contribution in [3.63, 3.8) is 0 Å². The number of rotatable bonds is 4. The van der Waals surface area contributed by atoms with Crippen LogP contribution in [0.3, 0.4) is 0 Å². The second kappa shape index (κ2) is 6.70. The molecule has 1 heterocycles. The predicted molar refractivity (Wildman–Crippen MR) is 81.8 cm³/mol. The molecule has 0 bridgehead atoms. The molecule has 112 valence electrons. The third kappa shape index (κ3) is 4.05. The molecule has 3 heteroatoms. The van der Waals surface area contributed by atoms with Gasteiger partial charge in [-0.15, -0.1) is 0 Å². The van der Waals surface area contributed by atoms with Crippen molar-refractivity contribution in [2.75, 3.05) is 6.61 Å². The zero-order valence-electron chi connectivity index (χ0n) is 13.1. The number of hydrogen-bond donors (Lipinski definition) is 1. The lowest BCUT2D eigenvalue weighted by molar-refractivity contribution is -0.103. The molecular formula is C17H27NO2. The molecule has 0 saturated carbocycles. The Balaban J connectivity index is 1.90. The maximum atomic E-state index is 6.28. The third-order valence-corrected chi connectivity index (χ3v) is 3.99. The van der Waals surface area contributed by atoms with E-state index in [1.54, 1.807) is 0 Å². The van der Waals surface area contributed by atoms with E-state index in [4.69, 9.17) is 15.2 Å². The molecule has 3 atom stereocenters. The van der Waals surface area contributed by atoms with E-state index in [9.17, 15) is 0 Å². The predicted octanol–water partition coefficient (Wildman–Crippen LogP) is 3.28. The molecule has 2 N–H and O–H groups in total. The van der Waals surface area contributed by atoms with Gasteiger partial charge in [0, 0.05) is 0 Å². The zero-order chi connectivity index (χ0) is 14.7. The van der Waals surface area contributed by atoms with E-state index in [1.165, 1.54) is 16.7 Å². The fraction of sp³-hybridized carbons (Fsp3) is 0.647. The fourth-order valence-corrected chi connectivity index (χ4v) is 3.05. The molecule has 0 amide bonds. The molecule has 1 aromatic rings. The highest BCUT2D eigenvalue weighted by molar-refractivity contribution is 5.32. The Hall–Kier alpha value is -0.900. The summed E-state index contributed by atoms with van der Waals surface area (Å²) in [5.74, 6) is 0. The Kier molecular flexibility index (Phi) is 5.19. The summed E-state index contributed by atoms with van der Waals surface area (Å²) in [5, 5.41) is 0. The van der Waals surface area contributed by atoms with E-state index in [2.05, 4.69) is 45.9 Å². The van der Waals surface area contributed by atoms with Gasteiger partial charge >= 0.3 is 0 Å². The topological polar surface area (TPSA) is 44.5 Å². The van der Waals surface area contributed by atoms with Gasteiger partial charge in [-0.1, -0.05) is 23.8 Å². The van der Waals surface area contributed by atoms with Gasteiger partial charge in [-0.25, -0.2) is 0 Å². The van der Waals surface area contributed by atoms with E-state index in [0.29, 0.717) is 6.61 Å². The summed E-state index contributed by atoms with van der Waals surface area (Å²) in [5.41, 5.74) is 9.98. The van der Waals surface area contributed by atoms with Crippen molar-refractivity contribution in [3.05, 3.63) is 34.9 Å². The molecule has 1 fully saturated rings. The second-order valence-corrected chi connectivity index (χ2v) is 6.15. The highest BCUT2D eigenvalue weighted by Gasteiger charge is 2.25. The molecule has 3 nitrogen and oxygen atoms in total. The minimum Gasteiger partial charge on any atom is -0.376 e. The van der Waals surface area contributed by atoms with Crippen molar-refractivity contribution in [1.82, 2.24) is 0 Å². The van der Waals surface area contributed by atoms with Crippen molar-refractivity contribution in [1.29, 1.82) is 0 Å². The van der Waals surface area contributed by atoms with E-state index >= 15 is 0 Å². The Bertz CT molecular complexity index is 437. The lowest BCUT2D eigenvalue weighted by atomic mass is 9.99. The summed E-state index contributed by atoms with van der Waals surface area (Å²) in [6, 6.07) is 6.35. The van der Waals surface area contributed by atoms with Gasteiger partial charge in [0.1, 0.15) is 0 Å². The van der Waals surface area contributed by atoms with Crippen molar-refractivity contribution >= 4 is 0 Å². The van der Waals surface area contributed by atoms with Crippen LogP contribution >= 0.6 is 0 Å². The Morgan fingerprint density at radius 2 is 1.90 bits per heavy atom. The van der Waals surface area contributed by atoms with E-state index in [0.717, 1.165) is 12.8 Å². The number of nitrogens with two attached hydrogens (primary N) is 1. The quantitative estimate of drug-likeness (QED) is 0.918. The lowest BCUT2D eigenvalue weighted by Crippen LogP contribution is -2.35. The number of ether oxygens (including phenoxy) is 2. The zero-order valence-corrected chi connectivity index (χ0v) is 13.1. The van der Waals surface area contributed by atoms with Crippen molar-refractivity contribution in [3.8, 4) is 0 Å². The van der Waals surface area contributed by atoms with Gasteiger partial charge in [0.25, 0.3) is 0 Å². The number of aryl methyl sites for hydroxylation is 2. The summed E-state index contributed by atoms with van der Waals surface area (Å²) in [7, 11) is 0.